The highest BCUT2D eigenvalue weighted by Gasteiger charge is 1.96. The van der Waals surface area contributed by atoms with Crippen molar-refractivity contribution in [2.45, 2.75) is 6.92 Å². The van der Waals surface area contributed by atoms with Gasteiger partial charge in [0.25, 0.3) is 0 Å². The first-order valence-electron chi connectivity index (χ1n) is 2.84. The lowest BCUT2D eigenvalue weighted by atomic mass is 10.3. The zero-order valence-electron chi connectivity index (χ0n) is 5.56. The van der Waals surface area contributed by atoms with Gasteiger partial charge in [-0.1, -0.05) is 5.92 Å². The van der Waals surface area contributed by atoms with Gasteiger partial charge in [-0.15, -0.1) is 6.42 Å². The van der Waals surface area contributed by atoms with Gasteiger partial charge in [0.15, 0.2) is 0 Å². The minimum Gasteiger partial charge on any atom is -0.242 e. The quantitative estimate of drug-likeness (QED) is 0.491. The third kappa shape index (κ3) is 1.14. The number of nitrogens with zero attached hydrogens (tertiary/aromatic N) is 1. The van der Waals surface area contributed by atoms with Gasteiger partial charge in [-0.3, -0.25) is 0 Å². The van der Waals surface area contributed by atoms with E-state index in [1.54, 1.807) is 6.92 Å². The molecule has 0 saturated carbocycles. The van der Waals surface area contributed by atoms with Crippen LogP contribution in [0, 0.1) is 25.1 Å². The van der Waals surface area contributed by atoms with Crippen LogP contribution in [0.4, 0.5) is 4.39 Å². The minimum absolute atomic E-state index is 0.320. The summed E-state index contributed by atoms with van der Waals surface area (Å²) in [4.78, 5) is 3.78. The Bertz CT molecular complexity index is 286. The maximum absolute atomic E-state index is 12.5. The highest BCUT2D eigenvalue weighted by Crippen LogP contribution is 2.02. The van der Waals surface area contributed by atoms with Crippen molar-refractivity contribution < 1.29 is 4.39 Å². The van der Waals surface area contributed by atoms with Crippen LogP contribution < -0.4 is 0 Å². The Labute approximate surface area is 58.9 Å². The van der Waals surface area contributed by atoms with Crippen LogP contribution in [0.3, 0.4) is 0 Å². The molecule has 10 heavy (non-hydrogen) atoms. The molecule has 0 radical (unpaired) electrons. The summed E-state index contributed by atoms with van der Waals surface area (Å²) in [7, 11) is 0. The van der Waals surface area contributed by atoms with Crippen molar-refractivity contribution in [3.63, 3.8) is 0 Å². The molecule has 0 amide bonds. The Morgan fingerprint density at radius 1 is 1.60 bits per heavy atom. The van der Waals surface area contributed by atoms with E-state index in [9.17, 15) is 4.39 Å². The Hall–Kier alpha value is -1.36. The summed E-state index contributed by atoms with van der Waals surface area (Å²) in [6, 6.07) is 2.79. The van der Waals surface area contributed by atoms with E-state index in [0.29, 0.717) is 11.4 Å². The van der Waals surface area contributed by atoms with Crippen LogP contribution in [0.2, 0.25) is 0 Å². The first-order chi connectivity index (χ1) is 4.74. The molecule has 1 aromatic heterocycles. The average Bonchev–Trinajstić information content (AvgIpc) is 1.95. The van der Waals surface area contributed by atoms with Gasteiger partial charge in [0.05, 0.1) is 5.69 Å². The molecule has 0 aliphatic heterocycles. The molecule has 0 atom stereocenters. The third-order valence-corrected chi connectivity index (χ3v) is 1.17. The second-order valence-electron chi connectivity index (χ2n) is 1.91. The van der Waals surface area contributed by atoms with E-state index in [1.165, 1.54) is 12.1 Å². The zero-order valence-corrected chi connectivity index (χ0v) is 5.56. The molecular formula is C8H6FN. The highest BCUT2D eigenvalue weighted by atomic mass is 19.1. The fourth-order valence-corrected chi connectivity index (χ4v) is 0.624. The topological polar surface area (TPSA) is 12.9 Å². The van der Waals surface area contributed by atoms with Crippen LogP contribution in [0.25, 0.3) is 0 Å². The minimum atomic E-state index is -0.320. The Balaban J connectivity index is 3.20. The fourth-order valence-electron chi connectivity index (χ4n) is 0.624. The Kier molecular flexibility index (Phi) is 1.68. The van der Waals surface area contributed by atoms with Crippen LogP contribution in [-0.2, 0) is 0 Å². The maximum Gasteiger partial charge on any atom is 0.144 e. The van der Waals surface area contributed by atoms with Gasteiger partial charge in [0.1, 0.15) is 11.5 Å². The van der Waals surface area contributed by atoms with Crippen LogP contribution in [0.15, 0.2) is 12.1 Å². The highest BCUT2D eigenvalue weighted by molar-refractivity contribution is 5.25. The van der Waals surface area contributed by atoms with Crippen molar-refractivity contribution in [2.75, 3.05) is 0 Å². The smallest absolute Gasteiger partial charge is 0.144 e. The number of terminal acetylenes is 1. The lowest BCUT2D eigenvalue weighted by Crippen LogP contribution is -1.89. The molecular weight excluding hydrogens is 129 g/mol. The summed E-state index contributed by atoms with van der Waals surface area (Å²) in [5.74, 6) is 2.00. The van der Waals surface area contributed by atoms with Gasteiger partial charge in [-0.25, -0.2) is 9.37 Å². The van der Waals surface area contributed by atoms with Crippen molar-refractivity contribution in [3.05, 3.63) is 29.3 Å². The van der Waals surface area contributed by atoms with Gasteiger partial charge >= 0.3 is 0 Å². The predicted molar refractivity (Wildman–Crippen MR) is 36.9 cm³/mol. The summed E-state index contributed by atoms with van der Waals surface area (Å²) >= 11 is 0. The van der Waals surface area contributed by atoms with Gasteiger partial charge in [-0.2, -0.15) is 0 Å². The van der Waals surface area contributed by atoms with E-state index >= 15 is 0 Å². The van der Waals surface area contributed by atoms with Gasteiger partial charge in [0, 0.05) is 0 Å². The summed E-state index contributed by atoms with van der Waals surface area (Å²) < 4.78 is 12.5. The van der Waals surface area contributed by atoms with Crippen molar-refractivity contribution in [3.8, 4) is 12.3 Å². The molecule has 1 rings (SSSR count). The molecule has 50 valence electrons. The predicted octanol–water partition coefficient (Wildman–Crippen LogP) is 1.51. The monoisotopic (exact) mass is 135 g/mol. The SMILES string of the molecule is C#Cc1ccc(F)c(C)n1. The third-order valence-electron chi connectivity index (χ3n) is 1.17. The Morgan fingerprint density at radius 3 is 2.80 bits per heavy atom. The summed E-state index contributed by atoms with van der Waals surface area (Å²) in [6.07, 6.45) is 5.03. The molecule has 0 bridgehead atoms. The molecule has 1 nitrogen and oxygen atoms in total. The molecule has 0 aliphatic carbocycles. The number of aromatic nitrogens is 1. The molecule has 0 N–H and O–H groups in total. The van der Waals surface area contributed by atoms with Crippen LogP contribution in [0.5, 0.6) is 0 Å². The first-order valence-corrected chi connectivity index (χ1v) is 2.84. The molecule has 0 aromatic carbocycles. The van der Waals surface area contributed by atoms with Crippen molar-refractivity contribution in [2.24, 2.45) is 0 Å². The van der Waals surface area contributed by atoms with E-state index in [0.717, 1.165) is 0 Å². The molecule has 2 heteroatoms. The van der Waals surface area contributed by atoms with E-state index < -0.39 is 0 Å². The van der Waals surface area contributed by atoms with Crippen molar-refractivity contribution >= 4 is 0 Å². The first kappa shape index (κ1) is 6.76. The van der Waals surface area contributed by atoms with Crippen molar-refractivity contribution in [1.29, 1.82) is 0 Å². The summed E-state index contributed by atoms with van der Waals surface area (Å²) in [6.45, 7) is 1.58. The standard InChI is InChI=1S/C8H6FN/c1-3-7-4-5-8(9)6(2)10-7/h1,4-5H,2H3. The summed E-state index contributed by atoms with van der Waals surface area (Å²) in [5.41, 5.74) is 0.814. The van der Waals surface area contributed by atoms with Crippen molar-refractivity contribution in [1.82, 2.24) is 4.98 Å². The second-order valence-corrected chi connectivity index (χ2v) is 1.91. The number of rotatable bonds is 0. The molecule has 1 aromatic rings. The van der Waals surface area contributed by atoms with Crippen LogP contribution in [-0.4, -0.2) is 4.98 Å². The number of pyridine rings is 1. The zero-order chi connectivity index (χ0) is 7.56. The van der Waals surface area contributed by atoms with Gasteiger partial charge < -0.3 is 0 Å². The van der Waals surface area contributed by atoms with Crippen LogP contribution >= 0.6 is 0 Å². The average molecular weight is 135 g/mol. The molecule has 0 fully saturated rings. The van der Waals surface area contributed by atoms with Gasteiger partial charge in [0.2, 0.25) is 0 Å². The molecule has 0 aliphatic rings. The van der Waals surface area contributed by atoms with Gasteiger partial charge in [-0.05, 0) is 19.1 Å². The molecule has 0 unspecified atom stereocenters. The van der Waals surface area contributed by atoms with E-state index in [2.05, 4.69) is 10.9 Å². The molecule has 1 heterocycles. The largest absolute Gasteiger partial charge is 0.242 e. The fraction of sp³-hybridized carbons (Fsp3) is 0.125. The Morgan fingerprint density at radius 2 is 2.30 bits per heavy atom. The number of hydrogen-bond acceptors (Lipinski definition) is 1. The van der Waals surface area contributed by atoms with E-state index in [1.807, 2.05) is 0 Å². The lowest BCUT2D eigenvalue weighted by Gasteiger charge is -1.93. The molecule has 0 saturated heterocycles. The normalized spacial score (nSPS) is 8.90. The second kappa shape index (κ2) is 2.49. The summed E-state index contributed by atoms with van der Waals surface area (Å²) in [5, 5.41) is 0. The van der Waals surface area contributed by atoms with E-state index in [-0.39, 0.29) is 5.82 Å². The maximum atomic E-state index is 12.5. The molecule has 0 spiro atoms. The lowest BCUT2D eigenvalue weighted by molar-refractivity contribution is 0.609. The van der Waals surface area contributed by atoms with Crippen LogP contribution in [0.1, 0.15) is 11.4 Å². The van der Waals surface area contributed by atoms with E-state index in [4.69, 9.17) is 6.42 Å². The number of hydrogen-bond donors (Lipinski definition) is 0. The number of halogens is 1. The number of aryl methyl sites for hydroxylation is 1.